The summed E-state index contributed by atoms with van der Waals surface area (Å²) in [5.41, 5.74) is 4.63. The van der Waals surface area contributed by atoms with E-state index in [4.69, 9.17) is 20.7 Å². The Hall–Kier alpha value is -2.15. The van der Waals surface area contributed by atoms with Crippen LogP contribution in [0.15, 0.2) is 18.2 Å². The number of carboxylic acid groups (broad SMARTS) is 1. The van der Waals surface area contributed by atoms with Gasteiger partial charge in [-0.05, 0) is 26.8 Å². The highest BCUT2D eigenvalue weighted by atomic mass is 19.1. The molecule has 1 rings (SSSR count). The molecule has 0 fully saturated rings. The molecule has 0 heterocycles. The largest absolute Gasteiger partial charge is 0.508 e. The standard InChI is InChI=1S/C14H18FNO5/c1-14(2,3)21-13(20)10(12(18)19)11(16)8-5-4-7(17)6-9(8)15/h4-6,10-11,17H,16H2,1-3H3,(H,18,19). The van der Waals surface area contributed by atoms with Crippen LogP contribution < -0.4 is 5.73 Å². The van der Waals surface area contributed by atoms with Gasteiger partial charge in [0.15, 0.2) is 5.92 Å². The van der Waals surface area contributed by atoms with Gasteiger partial charge in [0, 0.05) is 11.6 Å². The van der Waals surface area contributed by atoms with E-state index < -0.39 is 35.3 Å². The number of hydrogen-bond donors (Lipinski definition) is 3. The van der Waals surface area contributed by atoms with Crippen molar-refractivity contribution in [3.8, 4) is 5.75 Å². The summed E-state index contributed by atoms with van der Waals surface area (Å²) in [6, 6.07) is 1.66. The Labute approximate surface area is 121 Å². The van der Waals surface area contributed by atoms with Gasteiger partial charge in [0.2, 0.25) is 0 Å². The van der Waals surface area contributed by atoms with Gasteiger partial charge < -0.3 is 20.7 Å². The molecule has 0 aromatic heterocycles. The number of carbonyl (C=O) groups is 2. The lowest BCUT2D eigenvalue weighted by Crippen LogP contribution is -2.39. The Bertz CT molecular complexity index is 553. The second-order valence-electron chi connectivity index (χ2n) is 5.58. The molecule has 2 unspecified atom stereocenters. The molecular formula is C14H18FNO5. The third kappa shape index (κ3) is 4.42. The van der Waals surface area contributed by atoms with E-state index in [0.29, 0.717) is 0 Å². The number of esters is 1. The summed E-state index contributed by atoms with van der Waals surface area (Å²) < 4.78 is 18.7. The van der Waals surface area contributed by atoms with Gasteiger partial charge in [-0.2, -0.15) is 0 Å². The lowest BCUT2D eigenvalue weighted by atomic mass is 9.93. The lowest BCUT2D eigenvalue weighted by molar-refractivity contribution is -0.167. The first-order chi connectivity index (χ1) is 9.53. The molecule has 1 aromatic carbocycles. The van der Waals surface area contributed by atoms with Crippen molar-refractivity contribution >= 4 is 11.9 Å². The fraction of sp³-hybridized carbons (Fsp3) is 0.429. The van der Waals surface area contributed by atoms with Crippen LogP contribution in [-0.4, -0.2) is 27.8 Å². The van der Waals surface area contributed by atoms with Crippen molar-refractivity contribution in [1.29, 1.82) is 0 Å². The summed E-state index contributed by atoms with van der Waals surface area (Å²) in [6.45, 7) is 4.74. The molecule has 0 aliphatic carbocycles. The number of aromatic hydroxyl groups is 1. The van der Waals surface area contributed by atoms with Crippen LogP contribution in [0.1, 0.15) is 32.4 Å². The molecule has 21 heavy (non-hydrogen) atoms. The Kier molecular flexibility index (Phi) is 4.90. The van der Waals surface area contributed by atoms with Crippen molar-refractivity contribution in [3.63, 3.8) is 0 Å². The predicted molar refractivity (Wildman–Crippen MR) is 72.0 cm³/mol. The molecule has 1 aromatic rings. The van der Waals surface area contributed by atoms with Crippen molar-refractivity contribution in [2.45, 2.75) is 32.4 Å². The van der Waals surface area contributed by atoms with E-state index in [2.05, 4.69) is 0 Å². The van der Waals surface area contributed by atoms with E-state index in [1.54, 1.807) is 20.8 Å². The van der Waals surface area contributed by atoms with Crippen molar-refractivity contribution in [3.05, 3.63) is 29.6 Å². The molecular weight excluding hydrogens is 281 g/mol. The summed E-state index contributed by atoms with van der Waals surface area (Å²) >= 11 is 0. The molecule has 7 heteroatoms. The van der Waals surface area contributed by atoms with Crippen LogP contribution in [0.4, 0.5) is 4.39 Å². The first-order valence-corrected chi connectivity index (χ1v) is 6.22. The highest BCUT2D eigenvalue weighted by Crippen LogP contribution is 2.27. The Morgan fingerprint density at radius 1 is 1.33 bits per heavy atom. The number of halogens is 1. The van der Waals surface area contributed by atoms with Crippen LogP contribution in [0, 0.1) is 11.7 Å². The fourth-order valence-corrected chi connectivity index (χ4v) is 1.73. The summed E-state index contributed by atoms with van der Waals surface area (Å²) in [5.74, 6) is -5.52. The number of phenolic OH excluding ortho intramolecular Hbond substituents is 1. The van der Waals surface area contributed by atoms with Gasteiger partial charge in [-0.1, -0.05) is 6.07 Å². The predicted octanol–water partition coefficient (Wildman–Crippen LogP) is 1.57. The Morgan fingerprint density at radius 3 is 2.33 bits per heavy atom. The van der Waals surface area contributed by atoms with Crippen LogP contribution in [0.5, 0.6) is 5.75 Å². The molecule has 0 bridgehead atoms. The fourth-order valence-electron chi connectivity index (χ4n) is 1.73. The van der Waals surface area contributed by atoms with Crippen LogP contribution >= 0.6 is 0 Å². The number of carbonyl (C=O) groups excluding carboxylic acids is 1. The number of carboxylic acids is 1. The van der Waals surface area contributed by atoms with Crippen LogP contribution in [0.25, 0.3) is 0 Å². The highest BCUT2D eigenvalue weighted by molar-refractivity contribution is 5.95. The highest BCUT2D eigenvalue weighted by Gasteiger charge is 2.38. The number of nitrogens with two attached hydrogens (primary N) is 1. The molecule has 6 nitrogen and oxygen atoms in total. The van der Waals surface area contributed by atoms with Crippen molar-refractivity contribution in [2.75, 3.05) is 0 Å². The molecule has 0 aliphatic heterocycles. The second kappa shape index (κ2) is 6.09. The molecule has 0 amide bonds. The third-order valence-electron chi connectivity index (χ3n) is 2.63. The zero-order chi connectivity index (χ0) is 16.4. The smallest absolute Gasteiger partial charge is 0.322 e. The zero-order valence-electron chi connectivity index (χ0n) is 12.0. The maximum absolute atomic E-state index is 13.7. The SMILES string of the molecule is CC(C)(C)OC(=O)C(C(=O)O)C(N)c1ccc(O)cc1F. The number of phenols is 1. The van der Waals surface area contributed by atoms with E-state index in [0.717, 1.165) is 18.2 Å². The van der Waals surface area contributed by atoms with Gasteiger partial charge in [-0.25, -0.2) is 4.39 Å². The average molecular weight is 299 g/mol. The molecule has 2 atom stereocenters. The maximum atomic E-state index is 13.7. The molecule has 0 spiro atoms. The topological polar surface area (TPSA) is 110 Å². The van der Waals surface area contributed by atoms with Gasteiger partial charge >= 0.3 is 11.9 Å². The number of benzene rings is 1. The maximum Gasteiger partial charge on any atom is 0.322 e. The third-order valence-corrected chi connectivity index (χ3v) is 2.63. The normalized spacial score (nSPS) is 14.3. The number of ether oxygens (including phenoxy) is 1. The number of rotatable bonds is 4. The van der Waals surface area contributed by atoms with Crippen LogP contribution in [0.2, 0.25) is 0 Å². The molecule has 4 N–H and O–H groups in total. The summed E-state index contributed by atoms with van der Waals surface area (Å²) in [7, 11) is 0. The van der Waals surface area contributed by atoms with E-state index in [1.807, 2.05) is 0 Å². The van der Waals surface area contributed by atoms with Gasteiger partial charge in [0.1, 0.15) is 17.2 Å². The van der Waals surface area contributed by atoms with Crippen molar-refractivity contribution in [2.24, 2.45) is 11.7 Å². The summed E-state index contributed by atoms with van der Waals surface area (Å²) in [4.78, 5) is 23.2. The average Bonchev–Trinajstić information content (AvgIpc) is 2.25. The lowest BCUT2D eigenvalue weighted by Gasteiger charge is -2.25. The first kappa shape index (κ1) is 16.9. The van der Waals surface area contributed by atoms with Crippen LogP contribution in [0.3, 0.4) is 0 Å². The molecule has 0 radical (unpaired) electrons. The van der Waals surface area contributed by atoms with Gasteiger partial charge in [0.05, 0.1) is 6.04 Å². The molecule has 116 valence electrons. The quantitative estimate of drug-likeness (QED) is 0.575. The van der Waals surface area contributed by atoms with Crippen LogP contribution in [-0.2, 0) is 14.3 Å². The van der Waals surface area contributed by atoms with E-state index in [9.17, 15) is 14.0 Å². The van der Waals surface area contributed by atoms with E-state index in [1.165, 1.54) is 0 Å². The minimum absolute atomic E-state index is 0.189. The Morgan fingerprint density at radius 2 is 1.90 bits per heavy atom. The summed E-state index contributed by atoms with van der Waals surface area (Å²) in [6.07, 6.45) is 0. The van der Waals surface area contributed by atoms with Crippen molar-refractivity contribution in [1.82, 2.24) is 0 Å². The minimum Gasteiger partial charge on any atom is -0.508 e. The number of aliphatic carboxylic acids is 1. The number of hydrogen-bond acceptors (Lipinski definition) is 5. The Balaban J connectivity index is 3.11. The molecule has 0 saturated carbocycles. The first-order valence-electron chi connectivity index (χ1n) is 6.22. The zero-order valence-corrected chi connectivity index (χ0v) is 12.0. The van der Waals surface area contributed by atoms with Gasteiger partial charge in [-0.15, -0.1) is 0 Å². The second-order valence-corrected chi connectivity index (χ2v) is 5.58. The summed E-state index contributed by atoms with van der Waals surface area (Å²) in [5, 5.41) is 18.3. The van der Waals surface area contributed by atoms with Crippen molar-refractivity contribution < 1.29 is 28.9 Å². The van der Waals surface area contributed by atoms with E-state index in [-0.39, 0.29) is 11.3 Å². The van der Waals surface area contributed by atoms with Gasteiger partial charge in [0.25, 0.3) is 0 Å². The molecule has 0 aliphatic rings. The van der Waals surface area contributed by atoms with E-state index >= 15 is 0 Å². The van der Waals surface area contributed by atoms with Gasteiger partial charge in [-0.3, -0.25) is 9.59 Å². The molecule has 0 saturated heterocycles. The monoisotopic (exact) mass is 299 g/mol. The minimum atomic E-state index is -1.75.